The Bertz CT molecular complexity index is 611. The number of piperidine rings is 1. The van der Waals surface area contributed by atoms with E-state index in [-0.39, 0.29) is 11.3 Å². The zero-order valence-corrected chi connectivity index (χ0v) is 16.6. The van der Waals surface area contributed by atoms with E-state index in [9.17, 15) is 4.79 Å². The maximum atomic E-state index is 13.1. The fourth-order valence-electron chi connectivity index (χ4n) is 4.19. The van der Waals surface area contributed by atoms with Gasteiger partial charge in [-0.2, -0.15) is 0 Å². The van der Waals surface area contributed by atoms with E-state index in [2.05, 4.69) is 29.1 Å². The third-order valence-corrected chi connectivity index (χ3v) is 5.58. The van der Waals surface area contributed by atoms with Gasteiger partial charge in [0.05, 0.1) is 18.9 Å². The van der Waals surface area contributed by atoms with Crippen molar-refractivity contribution in [1.29, 1.82) is 0 Å². The second-order valence-electron chi connectivity index (χ2n) is 8.16. The number of aromatic nitrogens is 1. The van der Waals surface area contributed by atoms with Crippen LogP contribution in [0.2, 0.25) is 0 Å². The molecule has 2 saturated heterocycles. The minimum atomic E-state index is 0.0235. The van der Waals surface area contributed by atoms with Crippen molar-refractivity contribution in [2.45, 2.75) is 26.7 Å². The van der Waals surface area contributed by atoms with Gasteiger partial charge in [0.1, 0.15) is 11.3 Å². The minimum Gasteiger partial charge on any atom is -0.379 e. The van der Waals surface area contributed by atoms with Crippen LogP contribution in [-0.2, 0) is 4.74 Å². The zero-order valence-electron chi connectivity index (χ0n) is 16.6. The summed E-state index contributed by atoms with van der Waals surface area (Å²) in [6.45, 7) is 10.7. The van der Waals surface area contributed by atoms with Crippen LogP contribution in [0.25, 0.3) is 0 Å². The highest BCUT2D eigenvalue weighted by molar-refractivity contribution is 5.96. The maximum Gasteiger partial charge on any atom is 0.259 e. The van der Waals surface area contributed by atoms with E-state index in [0.29, 0.717) is 17.0 Å². The van der Waals surface area contributed by atoms with Gasteiger partial charge in [-0.15, -0.1) is 0 Å². The molecular weight excluding hydrogens is 332 g/mol. The molecule has 0 radical (unpaired) electrons. The maximum absolute atomic E-state index is 13.1. The predicted octanol–water partition coefficient (Wildman–Crippen LogP) is 1.41. The number of carbonyl (C=O) groups excluding carboxylic acids is 1. The van der Waals surface area contributed by atoms with Crippen molar-refractivity contribution in [3.8, 4) is 0 Å². The van der Waals surface area contributed by atoms with Crippen molar-refractivity contribution in [2.75, 3.05) is 66.6 Å². The highest BCUT2D eigenvalue weighted by Crippen LogP contribution is 2.34. The standard InChI is InChI=1S/C19H32N4O3/c1-15-17(16(2)26-20-15)18(24)23-7-5-6-19(13-23)12-22(9-8-21(3)4)10-11-25-14-19/h5-14H2,1-4H3/t19-/m0/s1. The largest absolute Gasteiger partial charge is 0.379 e. The molecule has 0 aromatic carbocycles. The van der Waals surface area contributed by atoms with E-state index in [0.717, 1.165) is 65.3 Å². The van der Waals surface area contributed by atoms with Crippen LogP contribution in [0.5, 0.6) is 0 Å². The molecule has 1 spiro atoms. The lowest BCUT2D eigenvalue weighted by Gasteiger charge is -2.43. The van der Waals surface area contributed by atoms with Crippen molar-refractivity contribution in [1.82, 2.24) is 19.9 Å². The van der Waals surface area contributed by atoms with Gasteiger partial charge in [-0.1, -0.05) is 5.16 Å². The highest BCUT2D eigenvalue weighted by atomic mass is 16.5. The summed E-state index contributed by atoms with van der Waals surface area (Å²) in [5, 5.41) is 3.94. The van der Waals surface area contributed by atoms with E-state index in [1.807, 2.05) is 18.7 Å². The molecule has 0 unspecified atom stereocenters. The van der Waals surface area contributed by atoms with Crippen LogP contribution in [-0.4, -0.2) is 92.3 Å². The van der Waals surface area contributed by atoms with Gasteiger partial charge < -0.3 is 19.1 Å². The van der Waals surface area contributed by atoms with Crippen molar-refractivity contribution in [3.05, 3.63) is 17.0 Å². The quantitative estimate of drug-likeness (QED) is 0.805. The molecule has 3 rings (SSSR count). The lowest BCUT2D eigenvalue weighted by molar-refractivity contribution is 0.00708. The van der Waals surface area contributed by atoms with Gasteiger partial charge in [0.2, 0.25) is 0 Å². The molecule has 2 aliphatic rings. The van der Waals surface area contributed by atoms with E-state index in [1.54, 1.807) is 0 Å². The Hall–Kier alpha value is -1.44. The number of likely N-dealkylation sites (N-methyl/N-ethyl adjacent to an activating group) is 1. The normalized spacial score (nSPS) is 25.0. The van der Waals surface area contributed by atoms with Gasteiger partial charge in [0.15, 0.2) is 0 Å². The molecule has 0 bridgehead atoms. The number of amides is 1. The third-order valence-electron chi connectivity index (χ3n) is 5.58. The first-order chi connectivity index (χ1) is 12.4. The van der Waals surface area contributed by atoms with Crippen LogP contribution in [0.3, 0.4) is 0 Å². The number of hydrogen-bond donors (Lipinski definition) is 0. The number of nitrogens with zero attached hydrogens (tertiary/aromatic N) is 4. The number of aryl methyl sites for hydroxylation is 2. The predicted molar refractivity (Wildman–Crippen MR) is 99.4 cm³/mol. The van der Waals surface area contributed by atoms with Gasteiger partial charge in [0, 0.05) is 44.7 Å². The van der Waals surface area contributed by atoms with Gasteiger partial charge >= 0.3 is 0 Å². The molecule has 0 N–H and O–H groups in total. The highest BCUT2D eigenvalue weighted by Gasteiger charge is 2.41. The van der Waals surface area contributed by atoms with Crippen LogP contribution in [0.4, 0.5) is 0 Å². The Morgan fingerprint density at radius 3 is 2.77 bits per heavy atom. The summed E-state index contributed by atoms with van der Waals surface area (Å²) >= 11 is 0. The average molecular weight is 364 g/mol. The van der Waals surface area contributed by atoms with Crippen LogP contribution in [0.1, 0.15) is 34.7 Å². The Morgan fingerprint density at radius 2 is 2.08 bits per heavy atom. The molecule has 2 aliphatic heterocycles. The number of rotatable bonds is 4. The molecule has 2 fully saturated rings. The van der Waals surface area contributed by atoms with Gasteiger partial charge in [0.25, 0.3) is 5.91 Å². The van der Waals surface area contributed by atoms with Crippen LogP contribution < -0.4 is 0 Å². The molecule has 146 valence electrons. The SMILES string of the molecule is Cc1noc(C)c1C(=O)N1CCC[C@@]2(COCCN(CCN(C)C)C2)C1. The Kier molecular flexibility index (Phi) is 5.99. The molecule has 26 heavy (non-hydrogen) atoms. The fraction of sp³-hybridized carbons (Fsp3) is 0.789. The molecule has 7 nitrogen and oxygen atoms in total. The van der Waals surface area contributed by atoms with Crippen molar-refractivity contribution < 1.29 is 14.1 Å². The van der Waals surface area contributed by atoms with E-state index in [4.69, 9.17) is 9.26 Å². The second-order valence-corrected chi connectivity index (χ2v) is 8.16. The van der Waals surface area contributed by atoms with Gasteiger partial charge in [-0.3, -0.25) is 9.69 Å². The Labute approximate surface area is 156 Å². The second kappa shape index (κ2) is 8.06. The van der Waals surface area contributed by atoms with Gasteiger partial charge in [-0.25, -0.2) is 0 Å². The zero-order chi connectivity index (χ0) is 18.7. The van der Waals surface area contributed by atoms with Crippen molar-refractivity contribution >= 4 is 5.91 Å². The fourth-order valence-corrected chi connectivity index (χ4v) is 4.19. The van der Waals surface area contributed by atoms with Crippen LogP contribution >= 0.6 is 0 Å². The minimum absolute atomic E-state index is 0.0235. The molecule has 1 aromatic heterocycles. The third kappa shape index (κ3) is 4.27. The van der Waals surface area contributed by atoms with Crippen LogP contribution in [0, 0.1) is 19.3 Å². The molecule has 1 amide bonds. The molecule has 1 atom stereocenters. The van der Waals surface area contributed by atoms with E-state index in [1.165, 1.54) is 0 Å². The molecule has 1 aromatic rings. The number of hydrogen-bond acceptors (Lipinski definition) is 6. The number of likely N-dealkylation sites (tertiary alicyclic amines) is 1. The van der Waals surface area contributed by atoms with Gasteiger partial charge in [-0.05, 0) is 40.8 Å². The summed E-state index contributed by atoms with van der Waals surface area (Å²) in [4.78, 5) is 19.8. The van der Waals surface area contributed by atoms with E-state index < -0.39 is 0 Å². The van der Waals surface area contributed by atoms with Crippen LogP contribution in [0.15, 0.2) is 4.52 Å². The number of carbonyl (C=O) groups is 1. The summed E-state index contributed by atoms with van der Waals surface area (Å²) in [7, 11) is 4.21. The molecule has 0 aliphatic carbocycles. The lowest BCUT2D eigenvalue weighted by Crippen LogP contribution is -2.52. The first kappa shape index (κ1) is 19.3. The summed E-state index contributed by atoms with van der Waals surface area (Å²) in [5.41, 5.74) is 1.33. The topological polar surface area (TPSA) is 62.1 Å². The monoisotopic (exact) mass is 364 g/mol. The summed E-state index contributed by atoms with van der Waals surface area (Å²) < 4.78 is 11.2. The van der Waals surface area contributed by atoms with Crippen molar-refractivity contribution in [2.24, 2.45) is 5.41 Å². The summed E-state index contributed by atoms with van der Waals surface area (Å²) in [6.07, 6.45) is 2.12. The molecule has 3 heterocycles. The first-order valence-corrected chi connectivity index (χ1v) is 9.57. The molecule has 0 saturated carbocycles. The molecule has 7 heteroatoms. The summed E-state index contributed by atoms with van der Waals surface area (Å²) in [6, 6.07) is 0. The van der Waals surface area contributed by atoms with E-state index >= 15 is 0 Å². The average Bonchev–Trinajstić information content (AvgIpc) is 2.82. The number of ether oxygens (including phenoxy) is 1. The lowest BCUT2D eigenvalue weighted by atomic mass is 9.79. The summed E-state index contributed by atoms with van der Waals surface area (Å²) in [5.74, 6) is 0.654. The van der Waals surface area contributed by atoms with Crippen molar-refractivity contribution in [3.63, 3.8) is 0 Å². The molecular formula is C19H32N4O3. The smallest absolute Gasteiger partial charge is 0.259 e. The first-order valence-electron chi connectivity index (χ1n) is 9.57. The Balaban J connectivity index is 1.72. The Morgan fingerprint density at radius 1 is 1.27 bits per heavy atom.